The summed E-state index contributed by atoms with van der Waals surface area (Å²) in [5.74, 6) is 0.845. The second-order valence-electron chi connectivity index (χ2n) is 4.68. The van der Waals surface area contributed by atoms with E-state index in [1.54, 1.807) is 0 Å². The summed E-state index contributed by atoms with van der Waals surface area (Å²) >= 11 is 0. The third-order valence-electron chi connectivity index (χ3n) is 2.32. The van der Waals surface area contributed by atoms with E-state index >= 15 is 0 Å². The van der Waals surface area contributed by atoms with Crippen molar-refractivity contribution >= 4 is 6.29 Å². The molecular weight excluding hydrogens is 188 g/mol. The number of aryl methyl sites for hydroxylation is 1. The van der Waals surface area contributed by atoms with Crippen molar-refractivity contribution < 1.29 is 9.53 Å². The van der Waals surface area contributed by atoms with Gasteiger partial charge >= 0.3 is 0 Å². The Morgan fingerprint density at radius 2 is 2.00 bits per heavy atom. The summed E-state index contributed by atoms with van der Waals surface area (Å²) < 4.78 is 5.48. The van der Waals surface area contributed by atoms with Gasteiger partial charge < -0.3 is 4.74 Å². The molecule has 0 amide bonds. The number of benzene rings is 1. The number of ether oxygens (including phenoxy) is 1. The molecule has 0 saturated heterocycles. The molecule has 0 aliphatic carbocycles. The van der Waals surface area contributed by atoms with Gasteiger partial charge in [-0.3, -0.25) is 4.79 Å². The van der Waals surface area contributed by atoms with E-state index in [1.165, 1.54) is 0 Å². The molecule has 15 heavy (non-hydrogen) atoms. The van der Waals surface area contributed by atoms with Crippen LogP contribution < -0.4 is 4.74 Å². The Bertz CT molecular complexity index is 348. The van der Waals surface area contributed by atoms with E-state index in [-0.39, 0.29) is 12.0 Å². The lowest BCUT2D eigenvalue weighted by Gasteiger charge is -2.23. The Balaban J connectivity index is 3.14. The Morgan fingerprint density at radius 3 is 2.53 bits per heavy atom. The molecular formula is C13H18O2. The quantitative estimate of drug-likeness (QED) is 0.711. The summed E-state index contributed by atoms with van der Waals surface area (Å²) in [6.07, 6.45) is 0.777. The maximum atomic E-state index is 10.3. The normalized spacial score (nSPS) is 11.2. The van der Waals surface area contributed by atoms with Crippen LogP contribution >= 0.6 is 0 Å². The minimum Gasteiger partial charge on any atom is -0.486 e. The molecule has 2 heteroatoms. The fraction of sp³-hybridized carbons (Fsp3) is 0.462. The van der Waals surface area contributed by atoms with E-state index in [2.05, 4.69) is 20.8 Å². The molecule has 0 fully saturated rings. The molecule has 0 aliphatic rings. The van der Waals surface area contributed by atoms with Crippen LogP contribution in [0.25, 0.3) is 0 Å². The number of aldehydes is 1. The van der Waals surface area contributed by atoms with Crippen LogP contribution in [0.5, 0.6) is 5.75 Å². The summed E-state index contributed by atoms with van der Waals surface area (Å²) in [5, 5.41) is 0. The molecule has 1 aromatic carbocycles. The van der Waals surface area contributed by atoms with Gasteiger partial charge in [0, 0.05) is 0 Å². The van der Waals surface area contributed by atoms with Gasteiger partial charge in [0.05, 0.1) is 0 Å². The minimum atomic E-state index is 0.0320. The van der Waals surface area contributed by atoms with E-state index in [0.717, 1.165) is 23.2 Å². The second-order valence-corrected chi connectivity index (χ2v) is 4.68. The molecule has 0 radical (unpaired) electrons. The predicted octanol–water partition coefficient (Wildman–Crippen LogP) is 2.87. The minimum absolute atomic E-state index is 0.0320. The van der Waals surface area contributed by atoms with E-state index < -0.39 is 0 Å². The van der Waals surface area contributed by atoms with Crippen LogP contribution in [-0.2, 0) is 10.2 Å². The van der Waals surface area contributed by atoms with E-state index in [0.29, 0.717) is 0 Å². The zero-order valence-electron chi connectivity index (χ0n) is 9.83. The van der Waals surface area contributed by atoms with Gasteiger partial charge in [-0.05, 0) is 23.5 Å². The maximum absolute atomic E-state index is 10.3. The van der Waals surface area contributed by atoms with Gasteiger partial charge in [-0.2, -0.15) is 0 Å². The predicted molar refractivity (Wildman–Crippen MR) is 61.4 cm³/mol. The van der Waals surface area contributed by atoms with Gasteiger partial charge in [-0.25, -0.2) is 0 Å². The Labute approximate surface area is 91.3 Å². The first-order valence-corrected chi connectivity index (χ1v) is 5.13. The Kier molecular flexibility index (Phi) is 3.51. The molecule has 0 heterocycles. The molecule has 2 nitrogen and oxygen atoms in total. The zero-order chi connectivity index (χ0) is 11.5. The smallest absolute Gasteiger partial charge is 0.157 e. The lowest BCUT2D eigenvalue weighted by Crippen LogP contribution is -2.14. The number of hydrogen-bond donors (Lipinski definition) is 0. The summed E-state index contributed by atoms with van der Waals surface area (Å²) in [4.78, 5) is 10.3. The molecule has 1 rings (SSSR count). The number of hydrogen-bond acceptors (Lipinski definition) is 2. The van der Waals surface area contributed by atoms with Crippen LogP contribution in [0.15, 0.2) is 18.2 Å². The molecule has 0 atom stereocenters. The van der Waals surface area contributed by atoms with Crippen molar-refractivity contribution in [1.82, 2.24) is 0 Å². The highest BCUT2D eigenvalue weighted by atomic mass is 16.5. The Morgan fingerprint density at radius 1 is 1.33 bits per heavy atom. The summed E-state index contributed by atoms with van der Waals surface area (Å²) in [5.41, 5.74) is 2.25. The van der Waals surface area contributed by atoms with Crippen molar-refractivity contribution in [3.05, 3.63) is 29.3 Å². The van der Waals surface area contributed by atoms with Crippen molar-refractivity contribution in [2.45, 2.75) is 33.1 Å². The zero-order valence-corrected chi connectivity index (χ0v) is 9.83. The fourth-order valence-electron chi connectivity index (χ4n) is 1.55. The summed E-state index contributed by atoms with van der Waals surface area (Å²) in [6, 6.07) is 6.06. The highest BCUT2D eigenvalue weighted by Crippen LogP contribution is 2.33. The van der Waals surface area contributed by atoms with Crippen LogP contribution in [0.4, 0.5) is 0 Å². The van der Waals surface area contributed by atoms with Gasteiger partial charge in [0.25, 0.3) is 0 Å². The van der Waals surface area contributed by atoms with E-state index in [4.69, 9.17) is 4.74 Å². The number of carbonyl (C=O) groups excluding carboxylic acids is 1. The number of carbonyl (C=O) groups is 1. The van der Waals surface area contributed by atoms with Crippen LogP contribution in [0.2, 0.25) is 0 Å². The first-order chi connectivity index (χ1) is 6.96. The van der Waals surface area contributed by atoms with Crippen LogP contribution in [0, 0.1) is 6.92 Å². The SMILES string of the molecule is Cc1cccc(C(C)(C)C)c1OCC=O. The van der Waals surface area contributed by atoms with Crippen molar-refractivity contribution in [1.29, 1.82) is 0 Å². The van der Waals surface area contributed by atoms with Crippen LogP contribution in [-0.4, -0.2) is 12.9 Å². The average molecular weight is 206 g/mol. The van der Waals surface area contributed by atoms with Crippen molar-refractivity contribution in [3.63, 3.8) is 0 Å². The summed E-state index contributed by atoms with van der Waals surface area (Å²) in [6.45, 7) is 8.52. The van der Waals surface area contributed by atoms with Crippen molar-refractivity contribution in [2.24, 2.45) is 0 Å². The van der Waals surface area contributed by atoms with Crippen LogP contribution in [0.1, 0.15) is 31.9 Å². The molecule has 1 aromatic rings. The molecule has 0 saturated carbocycles. The number of para-hydroxylation sites is 1. The average Bonchev–Trinajstić information content (AvgIpc) is 2.14. The lowest BCUT2D eigenvalue weighted by atomic mass is 9.85. The largest absolute Gasteiger partial charge is 0.486 e. The van der Waals surface area contributed by atoms with Gasteiger partial charge in [-0.1, -0.05) is 39.0 Å². The Hall–Kier alpha value is -1.31. The fourth-order valence-corrected chi connectivity index (χ4v) is 1.55. The van der Waals surface area contributed by atoms with Crippen molar-refractivity contribution in [3.8, 4) is 5.75 Å². The van der Waals surface area contributed by atoms with E-state index in [1.807, 2.05) is 25.1 Å². The maximum Gasteiger partial charge on any atom is 0.157 e. The number of rotatable bonds is 3. The van der Waals surface area contributed by atoms with Crippen LogP contribution in [0.3, 0.4) is 0 Å². The molecule has 0 N–H and O–H groups in total. The summed E-state index contributed by atoms with van der Waals surface area (Å²) in [7, 11) is 0. The molecule has 0 spiro atoms. The van der Waals surface area contributed by atoms with Gasteiger partial charge in [0.15, 0.2) is 6.29 Å². The highest BCUT2D eigenvalue weighted by molar-refractivity contribution is 5.53. The third kappa shape index (κ3) is 2.82. The molecule has 0 unspecified atom stereocenters. The third-order valence-corrected chi connectivity index (χ3v) is 2.32. The van der Waals surface area contributed by atoms with Gasteiger partial charge in [-0.15, -0.1) is 0 Å². The van der Waals surface area contributed by atoms with Gasteiger partial charge in [0.1, 0.15) is 12.4 Å². The molecule has 82 valence electrons. The molecule has 0 bridgehead atoms. The standard InChI is InChI=1S/C13H18O2/c1-10-6-5-7-11(13(2,3)4)12(10)15-9-8-14/h5-8H,9H2,1-4H3. The van der Waals surface area contributed by atoms with Gasteiger partial charge in [0.2, 0.25) is 0 Å². The molecule has 0 aliphatic heterocycles. The monoisotopic (exact) mass is 206 g/mol. The first-order valence-electron chi connectivity index (χ1n) is 5.13. The van der Waals surface area contributed by atoms with E-state index in [9.17, 15) is 4.79 Å². The topological polar surface area (TPSA) is 26.3 Å². The molecule has 0 aromatic heterocycles. The second kappa shape index (κ2) is 4.47. The highest BCUT2D eigenvalue weighted by Gasteiger charge is 2.19. The lowest BCUT2D eigenvalue weighted by molar-refractivity contribution is -0.109. The van der Waals surface area contributed by atoms with Crippen molar-refractivity contribution in [2.75, 3.05) is 6.61 Å². The first kappa shape index (κ1) is 11.8.